The van der Waals surface area contributed by atoms with Gasteiger partial charge in [0.25, 0.3) is 16.8 Å². The Labute approximate surface area is 182 Å². The standard InChI is InChI=1S/C20H20N4O6S/c1-12-6-13(2)8-15(7-12)29-10-19-22-23-20(30-19)31-11-18(25)21-16-9-14(24(26)27)4-5-17(16)28-3/h4-9H,10-11H2,1-3H3,(H,21,25). The van der Waals surface area contributed by atoms with Crippen molar-refractivity contribution in [2.45, 2.75) is 25.7 Å². The van der Waals surface area contributed by atoms with Gasteiger partial charge in [-0.25, -0.2) is 0 Å². The second-order valence-corrected chi connectivity index (χ2v) is 7.48. The smallest absolute Gasteiger partial charge is 0.277 e. The molecule has 0 aliphatic rings. The number of aromatic nitrogens is 2. The zero-order valence-electron chi connectivity index (χ0n) is 17.1. The van der Waals surface area contributed by atoms with Gasteiger partial charge >= 0.3 is 0 Å². The van der Waals surface area contributed by atoms with Crippen LogP contribution in [0.4, 0.5) is 11.4 Å². The van der Waals surface area contributed by atoms with Crippen LogP contribution in [0.25, 0.3) is 0 Å². The molecular weight excluding hydrogens is 424 g/mol. The van der Waals surface area contributed by atoms with Crippen LogP contribution in [-0.4, -0.2) is 33.9 Å². The summed E-state index contributed by atoms with van der Waals surface area (Å²) in [7, 11) is 1.41. The molecule has 0 fully saturated rings. The summed E-state index contributed by atoms with van der Waals surface area (Å²) < 4.78 is 16.3. The molecule has 1 heterocycles. The Morgan fingerprint density at radius 2 is 1.94 bits per heavy atom. The van der Waals surface area contributed by atoms with E-state index < -0.39 is 10.8 Å². The predicted molar refractivity (Wildman–Crippen MR) is 114 cm³/mol. The number of hydrogen-bond acceptors (Lipinski definition) is 9. The number of carbonyl (C=O) groups excluding carboxylic acids is 1. The van der Waals surface area contributed by atoms with Crippen LogP contribution in [0.15, 0.2) is 46.0 Å². The predicted octanol–water partition coefficient (Wildman–Crippen LogP) is 3.91. The van der Waals surface area contributed by atoms with Gasteiger partial charge in [-0.1, -0.05) is 17.8 Å². The van der Waals surface area contributed by atoms with Crippen LogP contribution >= 0.6 is 11.8 Å². The number of thioether (sulfide) groups is 1. The molecule has 1 amide bonds. The lowest BCUT2D eigenvalue weighted by atomic mass is 10.1. The number of carbonyl (C=O) groups is 1. The highest BCUT2D eigenvalue weighted by atomic mass is 32.2. The van der Waals surface area contributed by atoms with Gasteiger partial charge in [-0.05, 0) is 43.2 Å². The van der Waals surface area contributed by atoms with Crippen molar-refractivity contribution >= 4 is 29.0 Å². The largest absolute Gasteiger partial charge is 0.495 e. The Morgan fingerprint density at radius 1 is 1.19 bits per heavy atom. The van der Waals surface area contributed by atoms with Gasteiger partial charge in [0.05, 0.1) is 23.5 Å². The van der Waals surface area contributed by atoms with Gasteiger partial charge in [-0.2, -0.15) is 0 Å². The van der Waals surface area contributed by atoms with Gasteiger partial charge in [0, 0.05) is 12.1 Å². The molecule has 0 radical (unpaired) electrons. The highest BCUT2D eigenvalue weighted by Gasteiger charge is 2.15. The number of nitro benzene ring substituents is 1. The van der Waals surface area contributed by atoms with Crippen molar-refractivity contribution in [2.24, 2.45) is 0 Å². The molecule has 0 aliphatic heterocycles. The molecule has 1 N–H and O–H groups in total. The van der Waals surface area contributed by atoms with E-state index in [-0.39, 0.29) is 34.8 Å². The van der Waals surface area contributed by atoms with E-state index in [1.165, 1.54) is 25.3 Å². The summed E-state index contributed by atoms with van der Waals surface area (Å²) in [4.78, 5) is 22.6. The van der Waals surface area contributed by atoms with Crippen LogP contribution in [0.3, 0.4) is 0 Å². The molecule has 1 aromatic heterocycles. The van der Waals surface area contributed by atoms with Crippen molar-refractivity contribution in [1.82, 2.24) is 10.2 Å². The van der Waals surface area contributed by atoms with Crippen LogP contribution in [0.1, 0.15) is 17.0 Å². The molecule has 0 unspecified atom stereocenters. The first kappa shape index (κ1) is 22.1. The normalized spacial score (nSPS) is 10.5. The van der Waals surface area contributed by atoms with Crippen molar-refractivity contribution < 1.29 is 23.6 Å². The number of anilines is 1. The number of methoxy groups -OCH3 is 1. The fraction of sp³-hybridized carbons (Fsp3) is 0.250. The number of nitrogens with zero attached hydrogens (tertiary/aromatic N) is 3. The highest BCUT2D eigenvalue weighted by Crippen LogP contribution is 2.29. The van der Waals surface area contributed by atoms with E-state index in [1.54, 1.807) is 0 Å². The topological polar surface area (TPSA) is 130 Å². The van der Waals surface area contributed by atoms with Crippen molar-refractivity contribution in [3.63, 3.8) is 0 Å². The minimum Gasteiger partial charge on any atom is -0.495 e. The second kappa shape index (κ2) is 9.94. The highest BCUT2D eigenvalue weighted by molar-refractivity contribution is 7.99. The Balaban J connectivity index is 1.54. The number of aryl methyl sites for hydroxylation is 2. The molecule has 162 valence electrons. The fourth-order valence-corrected chi connectivity index (χ4v) is 3.32. The molecule has 10 nitrogen and oxygen atoms in total. The number of nitrogens with one attached hydrogen (secondary N) is 1. The summed E-state index contributed by atoms with van der Waals surface area (Å²) in [5.74, 6) is 0.853. The third-order valence-electron chi connectivity index (χ3n) is 4.00. The maximum atomic E-state index is 12.2. The quantitative estimate of drug-likeness (QED) is 0.296. The van der Waals surface area contributed by atoms with E-state index in [0.29, 0.717) is 11.5 Å². The van der Waals surface area contributed by atoms with E-state index in [4.69, 9.17) is 13.9 Å². The molecule has 11 heteroatoms. The summed E-state index contributed by atoms with van der Waals surface area (Å²) in [6, 6.07) is 9.81. The number of rotatable bonds is 9. The van der Waals surface area contributed by atoms with E-state index in [2.05, 4.69) is 15.5 Å². The molecule has 0 atom stereocenters. The van der Waals surface area contributed by atoms with Crippen LogP contribution in [0.2, 0.25) is 0 Å². The number of ether oxygens (including phenoxy) is 2. The van der Waals surface area contributed by atoms with Crippen molar-refractivity contribution in [3.8, 4) is 11.5 Å². The van der Waals surface area contributed by atoms with Gasteiger partial charge < -0.3 is 19.2 Å². The first-order valence-corrected chi connectivity index (χ1v) is 10.1. The molecule has 31 heavy (non-hydrogen) atoms. The number of hydrogen-bond donors (Lipinski definition) is 1. The Morgan fingerprint density at radius 3 is 2.61 bits per heavy atom. The van der Waals surface area contributed by atoms with E-state index in [1.807, 2.05) is 32.0 Å². The first-order valence-electron chi connectivity index (χ1n) is 9.12. The van der Waals surface area contributed by atoms with Crippen molar-refractivity contribution in [1.29, 1.82) is 0 Å². The Hall–Kier alpha value is -3.60. The Bertz CT molecular complexity index is 1080. The number of nitro groups is 1. The van der Waals surface area contributed by atoms with Gasteiger partial charge in [0.2, 0.25) is 5.91 Å². The van der Waals surface area contributed by atoms with Gasteiger partial charge in [0.1, 0.15) is 11.5 Å². The zero-order valence-corrected chi connectivity index (χ0v) is 17.9. The van der Waals surface area contributed by atoms with Crippen LogP contribution in [-0.2, 0) is 11.4 Å². The molecule has 0 saturated carbocycles. The molecule has 0 spiro atoms. The molecule has 0 bridgehead atoms. The minimum atomic E-state index is -0.552. The summed E-state index contributed by atoms with van der Waals surface area (Å²) in [5.41, 5.74) is 2.22. The SMILES string of the molecule is COc1ccc([N+](=O)[O-])cc1NC(=O)CSc1nnc(COc2cc(C)cc(C)c2)o1. The lowest BCUT2D eigenvalue weighted by molar-refractivity contribution is -0.384. The van der Waals surface area contributed by atoms with E-state index in [0.717, 1.165) is 22.9 Å². The van der Waals surface area contributed by atoms with Gasteiger partial charge in [0.15, 0.2) is 6.61 Å². The maximum absolute atomic E-state index is 12.2. The van der Waals surface area contributed by atoms with E-state index in [9.17, 15) is 14.9 Å². The lowest BCUT2D eigenvalue weighted by Crippen LogP contribution is -2.15. The third-order valence-corrected chi connectivity index (χ3v) is 4.82. The summed E-state index contributed by atoms with van der Waals surface area (Å²) >= 11 is 1.04. The molecule has 3 rings (SSSR count). The number of amides is 1. The molecular formula is C20H20N4O6S. The monoisotopic (exact) mass is 444 g/mol. The molecule has 2 aromatic carbocycles. The fourth-order valence-electron chi connectivity index (χ4n) is 2.74. The van der Waals surface area contributed by atoms with Crippen molar-refractivity contribution in [3.05, 3.63) is 63.5 Å². The summed E-state index contributed by atoms with van der Waals surface area (Å²) in [5, 5.41) is 21.5. The maximum Gasteiger partial charge on any atom is 0.277 e. The molecule has 3 aromatic rings. The second-order valence-electron chi connectivity index (χ2n) is 6.55. The average Bonchev–Trinajstić information content (AvgIpc) is 3.18. The molecule has 0 saturated heterocycles. The van der Waals surface area contributed by atoms with Gasteiger partial charge in [-0.15, -0.1) is 10.2 Å². The molecule has 0 aliphatic carbocycles. The summed E-state index contributed by atoms with van der Waals surface area (Å²) in [6.45, 7) is 4.07. The van der Waals surface area contributed by atoms with Crippen molar-refractivity contribution in [2.75, 3.05) is 18.2 Å². The van der Waals surface area contributed by atoms with Crippen LogP contribution < -0.4 is 14.8 Å². The summed E-state index contributed by atoms with van der Waals surface area (Å²) in [6.07, 6.45) is 0. The van der Waals surface area contributed by atoms with Crippen LogP contribution in [0, 0.1) is 24.0 Å². The minimum absolute atomic E-state index is 0.0363. The first-order chi connectivity index (χ1) is 14.8. The Kier molecular flexibility index (Phi) is 7.08. The average molecular weight is 444 g/mol. The third kappa shape index (κ3) is 6.19. The zero-order chi connectivity index (χ0) is 22.4. The van der Waals surface area contributed by atoms with E-state index >= 15 is 0 Å². The number of benzene rings is 2. The van der Waals surface area contributed by atoms with Crippen LogP contribution in [0.5, 0.6) is 11.5 Å². The van der Waals surface area contributed by atoms with Gasteiger partial charge in [-0.3, -0.25) is 14.9 Å². The number of non-ortho nitro benzene ring substituents is 1. The lowest BCUT2D eigenvalue weighted by Gasteiger charge is -2.09.